The predicted octanol–water partition coefficient (Wildman–Crippen LogP) is 4.73. The van der Waals surface area contributed by atoms with Crippen LogP contribution >= 0.6 is 22.7 Å². The molecule has 0 aliphatic heterocycles. The highest BCUT2D eigenvalue weighted by atomic mass is 32.1. The highest BCUT2D eigenvalue weighted by molar-refractivity contribution is 7.17. The lowest BCUT2D eigenvalue weighted by molar-refractivity contribution is -0.116. The lowest BCUT2D eigenvalue weighted by Crippen LogP contribution is -2.20. The number of carbonyl (C=O) groups is 1. The monoisotopic (exact) mass is 438 g/mol. The van der Waals surface area contributed by atoms with Gasteiger partial charge in [0.25, 0.3) is 0 Å². The molecule has 1 aliphatic rings. The highest BCUT2D eigenvalue weighted by Gasteiger charge is 2.25. The molecule has 4 aromatic rings. The van der Waals surface area contributed by atoms with Gasteiger partial charge in [-0.3, -0.25) is 9.59 Å². The highest BCUT2D eigenvalue weighted by Crippen LogP contribution is 2.43. The van der Waals surface area contributed by atoms with Crippen LogP contribution in [0.5, 0.6) is 0 Å². The van der Waals surface area contributed by atoms with Crippen molar-refractivity contribution < 1.29 is 4.79 Å². The van der Waals surface area contributed by atoms with E-state index in [1.807, 2.05) is 36.6 Å². The van der Waals surface area contributed by atoms with Gasteiger partial charge in [-0.2, -0.15) is 0 Å². The largest absolute Gasteiger partial charge is 0.338 e. The Labute approximate surface area is 181 Å². The van der Waals surface area contributed by atoms with Gasteiger partial charge < -0.3 is 14.9 Å². The molecule has 30 heavy (non-hydrogen) atoms. The molecular weight excluding hydrogens is 416 g/mol. The molecule has 0 atom stereocenters. The lowest BCUT2D eigenvalue weighted by Gasteiger charge is -2.12. The number of rotatable bonds is 5. The van der Waals surface area contributed by atoms with Gasteiger partial charge >= 0.3 is 4.87 Å². The molecule has 0 saturated heterocycles. The zero-order valence-corrected chi connectivity index (χ0v) is 18.3. The van der Waals surface area contributed by atoms with Gasteiger partial charge in [0.15, 0.2) is 0 Å². The van der Waals surface area contributed by atoms with Crippen molar-refractivity contribution in [1.82, 2.24) is 14.5 Å². The standard InChI is InChI=1S/C22H22N4O2S2/c1-13-12-29-22(28)26(13)11-10-18(27)25-21-19(14-6-2-5-9-17(14)30-21)20-23-15-7-3-4-8-16(15)24-20/h3-4,7-8,12H,2,5-6,9-11H2,1H3,(H,23,24)(H,25,27). The molecule has 5 rings (SSSR count). The maximum atomic E-state index is 12.8. The number of carbonyl (C=O) groups excluding carboxylic acids is 1. The summed E-state index contributed by atoms with van der Waals surface area (Å²) in [6, 6.07) is 7.98. The number of para-hydroxylation sites is 2. The number of H-pyrrole nitrogens is 1. The summed E-state index contributed by atoms with van der Waals surface area (Å²) in [6.07, 6.45) is 4.66. The van der Waals surface area contributed by atoms with Crippen molar-refractivity contribution in [2.24, 2.45) is 0 Å². The summed E-state index contributed by atoms with van der Waals surface area (Å²) in [5.41, 5.74) is 5.15. The molecule has 3 aromatic heterocycles. The van der Waals surface area contributed by atoms with Crippen LogP contribution in [-0.4, -0.2) is 20.4 Å². The number of benzene rings is 1. The zero-order chi connectivity index (χ0) is 20.7. The average Bonchev–Trinajstić information content (AvgIpc) is 3.41. The Morgan fingerprint density at radius 3 is 2.90 bits per heavy atom. The average molecular weight is 439 g/mol. The second-order valence-corrected chi connectivity index (χ2v) is 9.54. The number of nitrogens with one attached hydrogen (secondary N) is 2. The summed E-state index contributed by atoms with van der Waals surface area (Å²) >= 11 is 2.84. The molecule has 3 heterocycles. The van der Waals surface area contributed by atoms with Gasteiger partial charge in [-0.1, -0.05) is 23.5 Å². The molecule has 6 nitrogen and oxygen atoms in total. The van der Waals surface area contributed by atoms with Crippen LogP contribution in [0.1, 0.15) is 35.4 Å². The molecule has 8 heteroatoms. The Hall–Kier alpha value is -2.71. The predicted molar refractivity (Wildman–Crippen MR) is 123 cm³/mol. The Morgan fingerprint density at radius 1 is 1.27 bits per heavy atom. The van der Waals surface area contributed by atoms with E-state index >= 15 is 0 Å². The normalized spacial score (nSPS) is 13.5. The minimum atomic E-state index is -0.0801. The summed E-state index contributed by atoms with van der Waals surface area (Å²) in [4.78, 5) is 34.2. The maximum absolute atomic E-state index is 12.8. The molecule has 2 N–H and O–H groups in total. The smallest absolute Gasteiger partial charge is 0.307 e. The first kappa shape index (κ1) is 19.3. The topological polar surface area (TPSA) is 79.8 Å². The lowest BCUT2D eigenvalue weighted by atomic mass is 9.95. The molecule has 1 aliphatic carbocycles. The number of aromatic amines is 1. The molecule has 0 saturated carbocycles. The van der Waals surface area contributed by atoms with E-state index in [1.54, 1.807) is 15.9 Å². The second kappa shape index (κ2) is 7.85. The molecule has 0 unspecified atom stereocenters. The van der Waals surface area contributed by atoms with Crippen LogP contribution in [0.4, 0.5) is 5.00 Å². The maximum Gasteiger partial charge on any atom is 0.307 e. The van der Waals surface area contributed by atoms with Gasteiger partial charge in [0.1, 0.15) is 10.8 Å². The number of aryl methyl sites for hydroxylation is 2. The van der Waals surface area contributed by atoms with E-state index in [-0.39, 0.29) is 17.2 Å². The summed E-state index contributed by atoms with van der Waals surface area (Å²) in [6.45, 7) is 2.29. The number of amides is 1. The molecule has 154 valence electrons. The number of fused-ring (bicyclic) bond motifs is 2. The summed E-state index contributed by atoms with van der Waals surface area (Å²) < 4.78 is 1.66. The quantitative estimate of drug-likeness (QED) is 0.473. The molecule has 0 spiro atoms. The summed E-state index contributed by atoms with van der Waals surface area (Å²) in [5, 5.41) is 5.81. The Balaban J connectivity index is 1.45. The van der Waals surface area contributed by atoms with Crippen molar-refractivity contribution in [2.45, 2.75) is 45.6 Å². The summed E-state index contributed by atoms with van der Waals surface area (Å²) in [5.74, 6) is 0.735. The van der Waals surface area contributed by atoms with Gasteiger partial charge in [0.05, 0.1) is 16.6 Å². The van der Waals surface area contributed by atoms with Gasteiger partial charge in [-0.15, -0.1) is 11.3 Å². The fraction of sp³-hybridized carbons (Fsp3) is 0.318. The number of thiazole rings is 1. The van der Waals surface area contributed by atoms with Crippen LogP contribution < -0.4 is 10.2 Å². The zero-order valence-electron chi connectivity index (χ0n) is 16.7. The molecular formula is C22H22N4O2S2. The van der Waals surface area contributed by atoms with Crippen molar-refractivity contribution >= 4 is 44.6 Å². The second-order valence-electron chi connectivity index (χ2n) is 7.61. The van der Waals surface area contributed by atoms with E-state index in [0.717, 1.165) is 52.4 Å². The third-order valence-corrected chi connectivity index (χ3v) is 7.68. The molecule has 0 fully saturated rings. The molecule has 0 radical (unpaired) electrons. The first-order chi connectivity index (χ1) is 14.6. The number of thiophene rings is 1. The van der Waals surface area contributed by atoms with Crippen LogP contribution in [0.25, 0.3) is 22.4 Å². The van der Waals surface area contributed by atoms with Gasteiger partial charge in [-0.25, -0.2) is 4.98 Å². The Bertz CT molecular complexity index is 1260. The fourth-order valence-electron chi connectivity index (χ4n) is 4.05. The molecule has 1 aromatic carbocycles. The van der Waals surface area contributed by atoms with E-state index in [0.29, 0.717) is 6.54 Å². The SMILES string of the molecule is Cc1csc(=O)n1CCC(=O)Nc1sc2c(c1-c1nc3ccccc3[nH]1)CCCC2. The fourth-order valence-corrected chi connectivity index (χ4v) is 6.12. The van der Waals surface area contributed by atoms with Crippen molar-refractivity contribution in [1.29, 1.82) is 0 Å². The number of nitrogens with zero attached hydrogens (tertiary/aromatic N) is 2. The number of hydrogen-bond donors (Lipinski definition) is 2. The van der Waals surface area contributed by atoms with Crippen molar-refractivity contribution in [3.63, 3.8) is 0 Å². The van der Waals surface area contributed by atoms with Crippen molar-refractivity contribution in [2.75, 3.05) is 5.32 Å². The van der Waals surface area contributed by atoms with E-state index < -0.39 is 0 Å². The van der Waals surface area contributed by atoms with Crippen LogP contribution in [0, 0.1) is 6.92 Å². The summed E-state index contributed by atoms with van der Waals surface area (Å²) in [7, 11) is 0. The number of aromatic nitrogens is 3. The van der Waals surface area contributed by atoms with Crippen LogP contribution in [0.2, 0.25) is 0 Å². The molecule has 1 amide bonds. The first-order valence-corrected chi connectivity index (χ1v) is 11.8. The third-order valence-electron chi connectivity index (χ3n) is 5.59. The Morgan fingerprint density at radius 2 is 2.10 bits per heavy atom. The third kappa shape index (κ3) is 3.50. The number of imidazole rings is 1. The number of hydrogen-bond acceptors (Lipinski definition) is 5. The van der Waals surface area contributed by atoms with Gasteiger partial charge in [0.2, 0.25) is 5.91 Å². The van der Waals surface area contributed by atoms with E-state index in [2.05, 4.69) is 10.3 Å². The van der Waals surface area contributed by atoms with Gasteiger partial charge in [-0.05, 0) is 50.3 Å². The van der Waals surface area contributed by atoms with E-state index in [1.165, 1.54) is 28.2 Å². The number of anilines is 1. The van der Waals surface area contributed by atoms with Crippen molar-refractivity contribution in [3.05, 3.63) is 55.4 Å². The van der Waals surface area contributed by atoms with Crippen LogP contribution in [0.15, 0.2) is 34.4 Å². The first-order valence-electron chi connectivity index (χ1n) is 10.1. The van der Waals surface area contributed by atoms with Gasteiger partial charge in [0, 0.05) is 28.9 Å². The van der Waals surface area contributed by atoms with E-state index in [9.17, 15) is 9.59 Å². The van der Waals surface area contributed by atoms with E-state index in [4.69, 9.17) is 4.98 Å². The minimum absolute atomic E-state index is 0.0187. The van der Waals surface area contributed by atoms with Crippen molar-refractivity contribution in [3.8, 4) is 11.4 Å². The molecule has 0 bridgehead atoms. The van der Waals surface area contributed by atoms with Crippen LogP contribution in [-0.2, 0) is 24.2 Å². The van der Waals surface area contributed by atoms with Crippen LogP contribution in [0.3, 0.4) is 0 Å². The minimum Gasteiger partial charge on any atom is -0.338 e. The Kier molecular flexibility index (Phi) is 5.04.